The lowest BCUT2D eigenvalue weighted by molar-refractivity contribution is -0.138. The highest BCUT2D eigenvalue weighted by Gasteiger charge is 2.41. The van der Waals surface area contributed by atoms with Crippen molar-refractivity contribution >= 4 is 5.91 Å². The predicted octanol–water partition coefficient (Wildman–Crippen LogP) is 2.34. The Balaban J connectivity index is 2.01. The van der Waals surface area contributed by atoms with Crippen LogP contribution < -0.4 is 5.56 Å². The van der Waals surface area contributed by atoms with Gasteiger partial charge >= 0.3 is 6.18 Å². The van der Waals surface area contributed by atoms with Gasteiger partial charge in [-0.1, -0.05) is 24.3 Å². The Hall–Kier alpha value is -2.61. The number of nitrogens with one attached hydrogen (secondary N) is 1. The Morgan fingerprint density at radius 2 is 1.88 bits per heavy atom. The number of carbonyl (C=O) groups excluding carboxylic acids is 1. The molecule has 1 saturated heterocycles. The molecule has 0 bridgehead atoms. The van der Waals surface area contributed by atoms with Crippen LogP contribution in [0.5, 0.6) is 0 Å². The summed E-state index contributed by atoms with van der Waals surface area (Å²) in [6.07, 6.45) is -5.51. The number of amides is 1. The minimum absolute atomic E-state index is 0.00407. The SMILES string of the molecule is O=C(c1cccc(=O)[nH]1)N1C[C@H](O)C[C@H]1c1ccccc1C(F)(F)F. The van der Waals surface area contributed by atoms with Gasteiger partial charge in [0, 0.05) is 12.6 Å². The molecule has 2 aromatic rings. The number of aliphatic hydroxyl groups excluding tert-OH is 1. The topological polar surface area (TPSA) is 73.4 Å². The van der Waals surface area contributed by atoms with Crippen molar-refractivity contribution in [1.29, 1.82) is 0 Å². The Bertz CT molecular complexity index is 847. The number of rotatable bonds is 2. The van der Waals surface area contributed by atoms with Gasteiger partial charge in [0.15, 0.2) is 0 Å². The summed E-state index contributed by atoms with van der Waals surface area (Å²) < 4.78 is 39.9. The lowest BCUT2D eigenvalue weighted by atomic mass is 9.97. The molecule has 3 rings (SSSR count). The normalized spacial score (nSPS) is 20.7. The van der Waals surface area contributed by atoms with Crippen molar-refractivity contribution in [2.24, 2.45) is 0 Å². The summed E-state index contributed by atoms with van der Waals surface area (Å²) in [7, 11) is 0. The first-order valence-electron chi connectivity index (χ1n) is 7.62. The number of aromatic amines is 1. The number of benzene rings is 1. The van der Waals surface area contributed by atoms with Crippen LogP contribution in [0.25, 0.3) is 0 Å². The van der Waals surface area contributed by atoms with E-state index in [0.29, 0.717) is 0 Å². The third-order valence-electron chi connectivity index (χ3n) is 4.16. The number of β-amino-alcohol motifs (C(OH)–C–C–N with tert-alkyl or cyclic N) is 1. The molecular weight excluding hydrogens is 337 g/mol. The van der Waals surface area contributed by atoms with E-state index in [9.17, 15) is 27.9 Å². The van der Waals surface area contributed by atoms with E-state index in [1.165, 1.54) is 41.3 Å². The second kappa shape index (κ2) is 6.36. The number of likely N-dealkylation sites (tertiary alicyclic amines) is 1. The highest BCUT2D eigenvalue weighted by atomic mass is 19.4. The Labute approximate surface area is 140 Å². The minimum Gasteiger partial charge on any atom is -0.391 e. The molecule has 1 fully saturated rings. The summed E-state index contributed by atoms with van der Waals surface area (Å²) in [5.74, 6) is -0.628. The van der Waals surface area contributed by atoms with Gasteiger partial charge in [0.05, 0.1) is 17.7 Å². The number of hydrogen-bond donors (Lipinski definition) is 2. The van der Waals surface area contributed by atoms with E-state index in [-0.39, 0.29) is 24.2 Å². The van der Waals surface area contributed by atoms with Crippen molar-refractivity contribution in [1.82, 2.24) is 9.88 Å². The summed E-state index contributed by atoms with van der Waals surface area (Å²) in [6, 6.07) is 8.06. The van der Waals surface area contributed by atoms with Crippen molar-refractivity contribution in [2.75, 3.05) is 6.54 Å². The molecule has 0 unspecified atom stereocenters. The molecule has 25 heavy (non-hydrogen) atoms. The average molecular weight is 352 g/mol. The van der Waals surface area contributed by atoms with Gasteiger partial charge in [-0.15, -0.1) is 0 Å². The second-order valence-corrected chi connectivity index (χ2v) is 5.88. The van der Waals surface area contributed by atoms with Crippen LogP contribution in [-0.4, -0.2) is 33.5 Å². The van der Waals surface area contributed by atoms with Crippen LogP contribution in [0.1, 0.15) is 34.1 Å². The molecule has 1 aliphatic rings. The van der Waals surface area contributed by atoms with E-state index in [0.717, 1.165) is 6.07 Å². The highest BCUT2D eigenvalue weighted by molar-refractivity contribution is 5.92. The zero-order valence-electron chi connectivity index (χ0n) is 13.0. The maximum absolute atomic E-state index is 13.3. The van der Waals surface area contributed by atoms with Crippen LogP contribution in [0.2, 0.25) is 0 Å². The number of aliphatic hydroxyl groups is 1. The molecule has 132 valence electrons. The Morgan fingerprint density at radius 1 is 1.16 bits per heavy atom. The smallest absolute Gasteiger partial charge is 0.391 e. The first-order valence-corrected chi connectivity index (χ1v) is 7.62. The van der Waals surface area contributed by atoms with Gasteiger partial charge in [0.2, 0.25) is 5.56 Å². The molecule has 1 amide bonds. The zero-order chi connectivity index (χ0) is 18.2. The highest BCUT2D eigenvalue weighted by Crippen LogP contribution is 2.40. The number of H-pyrrole nitrogens is 1. The monoisotopic (exact) mass is 352 g/mol. The number of pyridine rings is 1. The molecule has 0 radical (unpaired) electrons. The zero-order valence-corrected chi connectivity index (χ0v) is 13.0. The van der Waals surface area contributed by atoms with Crippen LogP contribution in [0.15, 0.2) is 47.3 Å². The lowest BCUT2D eigenvalue weighted by Gasteiger charge is -2.27. The van der Waals surface area contributed by atoms with E-state index < -0.39 is 35.4 Å². The first kappa shape index (κ1) is 17.2. The predicted molar refractivity (Wildman–Crippen MR) is 82.9 cm³/mol. The molecule has 0 aliphatic carbocycles. The number of carbonyl (C=O) groups is 1. The van der Waals surface area contributed by atoms with Gasteiger partial charge in [-0.3, -0.25) is 9.59 Å². The van der Waals surface area contributed by atoms with E-state index in [1.807, 2.05) is 0 Å². The molecule has 2 atom stereocenters. The van der Waals surface area contributed by atoms with E-state index in [1.54, 1.807) is 0 Å². The molecule has 1 aromatic carbocycles. The fourth-order valence-electron chi connectivity index (χ4n) is 3.11. The van der Waals surface area contributed by atoms with Gasteiger partial charge in [-0.25, -0.2) is 0 Å². The standard InChI is InChI=1S/C17H15F3N2O3/c18-17(19,20)12-5-2-1-4-11(12)14-8-10(23)9-22(14)16(25)13-6-3-7-15(24)21-13/h1-7,10,14,23H,8-9H2,(H,21,24)/t10-,14+/m1/s1. The molecule has 2 heterocycles. The number of halogens is 3. The number of alkyl halides is 3. The van der Waals surface area contributed by atoms with Crippen molar-refractivity contribution in [3.8, 4) is 0 Å². The van der Waals surface area contributed by atoms with Crippen LogP contribution in [0.3, 0.4) is 0 Å². The van der Waals surface area contributed by atoms with Crippen LogP contribution in [0, 0.1) is 0 Å². The van der Waals surface area contributed by atoms with Crippen molar-refractivity contribution < 1.29 is 23.1 Å². The average Bonchev–Trinajstić information content (AvgIpc) is 2.95. The van der Waals surface area contributed by atoms with Gasteiger partial charge in [0.1, 0.15) is 5.69 Å². The van der Waals surface area contributed by atoms with Crippen LogP contribution in [0.4, 0.5) is 13.2 Å². The van der Waals surface area contributed by atoms with Crippen LogP contribution in [-0.2, 0) is 6.18 Å². The van der Waals surface area contributed by atoms with E-state index >= 15 is 0 Å². The number of hydrogen-bond acceptors (Lipinski definition) is 3. The summed E-state index contributed by atoms with van der Waals surface area (Å²) in [5, 5.41) is 9.93. The molecule has 2 N–H and O–H groups in total. The molecule has 1 aromatic heterocycles. The number of nitrogens with zero attached hydrogens (tertiary/aromatic N) is 1. The quantitative estimate of drug-likeness (QED) is 0.871. The van der Waals surface area contributed by atoms with Gasteiger partial charge in [-0.05, 0) is 24.1 Å². The largest absolute Gasteiger partial charge is 0.416 e. The molecule has 1 aliphatic heterocycles. The van der Waals surface area contributed by atoms with Crippen LogP contribution >= 0.6 is 0 Å². The molecule has 0 saturated carbocycles. The fourth-order valence-corrected chi connectivity index (χ4v) is 3.11. The fraction of sp³-hybridized carbons (Fsp3) is 0.294. The maximum Gasteiger partial charge on any atom is 0.416 e. The molecule has 0 spiro atoms. The van der Waals surface area contributed by atoms with Crippen molar-refractivity contribution in [2.45, 2.75) is 24.7 Å². The van der Waals surface area contributed by atoms with Gasteiger partial charge < -0.3 is 15.0 Å². The maximum atomic E-state index is 13.3. The Kier molecular flexibility index (Phi) is 4.38. The minimum atomic E-state index is -4.57. The summed E-state index contributed by atoms with van der Waals surface area (Å²) in [4.78, 5) is 27.6. The van der Waals surface area contributed by atoms with Gasteiger partial charge in [-0.2, -0.15) is 13.2 Å². The third-order valence-corrected chi connectivity index (χ3v) is 4.16. The number of aromatic nitrogens is 1. The van der Waals surface area contributed by atoms with Gasteiger partial charge in [0.25, 0.3) is 5.91 Å². The Morgan fingerprint density at radius 3 is 2.56 bits per heavy atom. The summed E-state index contributed by atoms with van der Waals surface area (Å²) in [6.45, 7) is -0.105. The van der Waals surface area contributed by atoms with E-state index in [2.05, 4.69) is 4.98 Å². The third kappa shape index (κ3) is 3.43. The van der Waals surface area contributed by atoms with Crippen molar-refractivity contribution in [3.63, 3.8) is 0 Å². The molecule has 5 nitrogen and oxygen atoms in total. The molecule has 8 heteroatoms. The van der Waals surface area contributed by atoms with E-state index in [4.69, 9.17) is 0 Å². The van der Waals surface area contributed by atoms with Crippen molar-refractivity contribution in [3.05, 3.63) is 69.6 Å². The lowest BCUT2D eigenvalue weighted by Crippen LogP contribution is -2.34. The summed E-state index contributed by atoms with van der Waals surface area (Å²) >= 11 is 0. The molecular formula is C17H15F3N2O3. The second-order valence-electron chi connectivity index (χ2n) is 5.88. The first-order chi connectivity index (χ1) is 11.8. The summed E-state index contributed by atoms with van der Waals surface area (Å²) in [5.41, 5.74) is -1.43.